The number of carbonyl (C=O) groups is 4. The molecule has 2 aliphatic rings. The third-order valence-corrected chi connectivity index (χ3v) is 8.02. The first-order chi connectivity index (χ1) is 18.8. The van der Waals surface area contributed by atoms with Gasteiger partial charge < -0.3 is 19.1 Å². The van der Waals surface area contributed by atoms with Crippen LogP contribution < -0.4 is 14.2 Å². The Balaban J connectivity index is 1.47. The van der Waals surface area contributed by atoms with Crippen molar-refractivity contribution < 1.29 is 33.4 Å². The zero-order valence-electron chi connectivity index (χ0n) is 24.4. The van der Waals surface area contributed by atoms with Crippen LogP contribution in [0, 0.1) is 0 Å². The molecule has 0 saturated heterocycles. The topological polar surface area (TPSA) is 106 Å². The zero-order valence-corrected chi connectivity index (χ0v) is 24.4. The number of amides is 4. The van der Waals surface area contributed by atoms with Crippen molar-refractivity contribution in [1.82, 2.24) is 14.7 Å². The van der Waals surface area contributed by atoms with Gasteiger partial charge in [0, 0.05) is 37.3 Å². The Kier molecular flexibility index (Phi) is 7.68. The highest BCUT2D eigenvalue weighted by atomic mass is 16.5. The Hall–Kier alpha value is -3.92. The maximum atomic E-state index is 13.4. The Morgan fingerprint density at radius 2 is 1.15 bits per heavy atom. The molecule has 2 heterocycles. The van der Waals surface area contributed by atoms with Crippen LogP contribution in [-0.2, 0) is 20.4 Å². The minimum absolute atomic E-state index is 0.152. The van der Waals surface area contributed by atoms with Crippen molar-refractivity contribution in [2.75, 3.05) is 54.6 Å². The second-order valence-corrected chi connectivity index (χ2v) is 11.2. The lowest BCUT2D eigenvalue weighted by Crippen LogP contribution is -2.55. The van der Waals surface area contributed by atoms with E-state index in [2.05, 4.69) is 0 Å². The van der Waals surface area contributed by atoms with E-state index in [9.17, 15) is 19.2 Å². The lowest BCUT2D eigenvalue weighted by atomic mass is 9.77. The smallest absolute Gasteiger partial charge is 0.260 e. The van der Waals surface area contributed by atoms with E-state index in [1.54, 1.807) is 44.2 Å². The molecule has 4 rings (SSSR count). The molecule has 0 radical (unpaired) electrons. The first-order valence-electron chi connectivity index (χ1n) is 13.2. The molecule has 2 aliphatic heterocycles. The number of methoxy groups -OCH3 is 3. The van der Waals surface area contributed by atoms with E-state index >= 15 is 0 Å². The normalized spacial score (nSPS) is 17.6. The predicted molar refractivity (Wildman–Crippen MR) is 148 cm³/mol. The van der Waals surface area contributed by atoms with Crippen LogP contribution in [0.25, 0.3) is 0 Å². The number of carbonyl (C=O) groups excluding carboxylic acids is 4. The maximum Gasteiger partial charge on any atom is 0.260 e. The molecule has 0 aromatic heterocycles. The molecule has 2 aromatic carbocycles. The molecule has 0 aliphatic carbocycles. The van der Waals surface area contributed by atoms with Crippen LogP contribution >= 0.6 is 0 Å². The van der Waals surface area contributed by atoms with Crippen LogP contribution in [0.3, 0.4) is 0 Å². The molecule has 0 bridgehead atoms. The number of nitrogens with zero attached hydrogens (tertiary/aromatic N) is 3. The summed E-state index contributed by atoms with van der Waals surface area (Å²) in [4.78, 5) is 57.9. The van der Waals surface area contributed by atoms with Crippen molar-refractivity contribution in [3.05, 3.63) is 52.6 Å². The molecular weight excluding hydrogens is 514 g/mol. The highest BCUT2D eigenvalue weighted by molar-refractivity contribution is 6.14. The Labute approximate surface area is 234 Å². The van der Waals surface area contributed by atoms with Gasteiger partial charge in [-0.15, -0.1) is 0 Å². The highest BCUT2D eigenvalue weighted by Crippen LogP contribution is 2.41. The van der Waals surface area contributed by atoms with Crippen LogP contribution in [0.5, 0.6) is 17.2 Å². The quantitative estimate of drug-likeness (QED) is 0.438. The fourth-order valence-electron chi connectivity index (χ4n) is 5.39. The zero-order chi connectivity index (χ0) is 29.6. The molecule has 40 heavy (non-hydrogen) atoms. The van der Waals surface area contributed by atoms with Crippen molar-refractivity contribution in [2.45, 2.75) is 38.5 Å². The Morgan fingerprint density at radius 3 is 1.65 bits per heavy atom. The largest absolute Gasteiger partial charge is 0.497 e. The number of imide groups is 2. The summed E-state index contributed by atoms with van der Waals surface area (Å²) in [6.07, 6.45) is 0. The standard InChI is InChI=1S/C30H37N3O7/c1-29(2)21-10-9-18(38-6)15-19(21)25(34)32(27(29)36)13-11-31(5)12-14-33-26(35)20-16-23(39-7)24(40-8)17-22(20)30(3,4)28(33)37/h9-10,15-17H,11-14H2,1-8H3. The average molecular weight is 552 g/mol. The van der Waals surface area contributed by atoms with Gasteiger partial charge in [-0.05, 0) is 70.1 Å². The number of rotatable bonds is 9. The first-order valence-corrected chi connectivity index (χ1v) is 13.2. The van der Waals surface area contributed by atoms with Gasteiger partial charge in [0.25, 0.3) is 11.8 Å². The van der Waals surface area contributed by atoms with Gasteiger partial charge in [0.1, 0.15) is 5.75 Å². The van der Waals surface area contributed by atoms with Crippen molar-refractivity contribution in [2.24, 2.45) is 0 Å². The summed E-state index contributed by atoms with van der Waals surface area (Å²) >= 11 is 0. The summed E-state index contributed by atoms with van der Waals surface area (Å²) in [5.74, 6) is 0.0693. The Bertz CT molecular complexity index is 1380. The van der Waals surface area contributed by atoms with E-state index in [0.29, 0.717) is 52.6 Å². The lowest BCUT2D eigenvalue weighted by Gasteiger charge is -2.39. The number of benzene rings is 2. The molecule has 2 aromatic rings. The maximum absolute atomic E-state index is 13.4. The molecule has 0 unspecified atom stereocenters. The van der Waals surface area contributed by atoms with Gasteiger partial charge in [-0.1, -0.05) is 6.07 Å². The van der Waals surface area contributed by atoms with E-state index in [-0.39, 0.29) is 30.8 Å². The minimum atomic E-state index is -0.950. The van der Waals surface area contributed by atoms with Crippen molar-refractivity contribution in [3.8, 4) is 17.2 Å². The van der Waals surface area contributed by atoms with E-state index in [1.165, 1.54) is 31.1 Å². The van der Waals surface area contributed by atoms with Crippen LogP contribution in [0.4, 0.5) is 0 Å². The van der Waals surface area contributed by atoms with Gasteiger partial charge >= 0.3 is 0 Å². The summed E-state index contributed by atoms with van der Waals surface area (Å²) < 4.78 is 16.0. The van der Waals surface area contributed by atoms with E-state index in [0.717, 1.165) is 0 Å². The fourth-order valence-corrected chi connectivity index (χ4v) is 5.39. The average Bonchev–Trinajstić information content (AvgIpc) is 2.94. The molecule has 0 spiro atoms. The fraction of sp³-hybridized carbons (Fsp3) is 0.467. The van der Waals surface area contributed by atoms with Gasteiger partial charge in [-0.2, -0.15) is 0 Å². The molecule has 10 nitrogen and oxygen atoms in total. The minimum Gasteiger partial charge on any atom is -0.497 e. The summed E-state index contributed by atoms with van der Waals surface area (Å²) in [6.45, 7) is 8.23. The predicted octanol–water partition coefficient (Wildman–Crippen LogP) is 2.86. The third-order valence-electron chi connectivity index (χ3n) is 8.02. The SMILES string of the molecule is COc1ccc2c(c1)C(=O)N(CCN(C)CCN1C(=O)c3cc(OC)c(OC)cc3C(C)(C)C1=O)C(=O)C2(C)C. The van der Waals surface area contributed by atoms with Crippen LogP contribution in [-0.4, -0.2) is 92.9 Å². The molecule has 214 valence electrons. The van der Waals surface area contributed by atoms with Crippen LogP contribution in [0.2, 0.25) is 0 Å². The molecule has 0 fully saturated rings. The van der Waals surface area contributed by atoms with Crippen LogP contribution in [0.15, 0.2) is 30.3 Å². The Morgan fingerprint density at radius 1 is 0.675 bits per heavy atom. The monoisotopic (exact) mass is 551 g/mol. The summed E-state index contributed by atoms with van der Waals surface area (Å²) in [5.41, 5.74) is 0.283. The molecule has 0 atom stereocenters. The van der Waals surface area contributed by atoms with Crippen molar-refractivity contribution >= 4 is 23.6 Å². The highest BCUT2D eigenvalue weighted by Gasteiger charge is 2.46. The van der Waals surface area contributed by atoms with Gasteiger partial charge in [0.15, 0.2) is 11.5 Å². The summed E-state index contributed by atoms with van der Waals surface area (Å²) in [5, 5.41) is 0. The van der Waals surface area contributed by atoms with E-state index in [1.807, 2.05) is 25.8 Å². The van der Waals surface area contributed by atoms with Gasteiger partial charge in [0.2, 0.25) is 11.8 Å². The lowest BCUT2D eigenvalue weighted by molar-refractivity contribution is -0.134. The molecule has 4 amide bonds. The third kappa shape index (κ3) is 4.70. The van der Waals surface area contributed by atoms with Gasteiger partial charge in [-0.3, -0.25) is 29.0 Å². The van der Waals surface area contributed by atoms with Crippen molar-refractivity contribution in [3.63, 3.8) is 0 Å². The molecule has 0 N–H and O–H groups in total. The van der Waals surface area contributed by atoms with Gasteiger partial charge in [0.05, 0.1) is 32.2 Å². The molecule has 10 heteroatoms. The van der Waals surface area contributed by atoms with Crippen molar-refractivity contribution in [1.29, 1.82) is 0 Å². The second-order valence-electron chi connectivity index (χ2n) is 11.2. The number of ether oxygens (including phenoxy) is 3. The summed E-state index contributed by atoms with van der Waals surface area (Å²) in [7, 11) is 6.36. The number of fused-ring (bicyclic) bond motifs is 2. The van der Waals surface area contributed by atoms with E-state index in [4.69, 9.17) is 14.2 Å². The van der Waals surface area contributed by atoms with Crippen LogP contribution in [0.1, 0.15) is 59.5 Å². The summed E-state index contributed by atoms with van der Waals surface area (Å²) in [6, 6.07) is 8.49. The van der Waals surface area contributed by atoms with Gasteiger partial charge in [-0.25, -0.2) is 0 Å². The molecule has 0 saturated carbocycles. The second kappa shape index (κ2) is 10.6. The van der Waals surface area contributed by atoms with E-state index < -0.39 is 16.7 Å². The number of hydrogen-bond acceptors (Lipinski definition) is 8. The molecular formula is C30H37N3O7. The number of likely N-dealkylation sites (N-methyl/N-ethyl adjacent to an activating group) is 1. The first kappa shape index (κ1) is 29.1. The number of hydrogen-bond donors (Lipinski definition) is 0.